The summed E-state index contributed by atoms with van der Waals surface area (Å²) in [6.07, 6.45) is 2.71. The maximum atomic E-state index is 11.3. The number of rotatable bonds is 8. The van der Waals surface area contributed by atoms with Crippen LogP contribution in [0.25, 0.3) is 0 Å². The SMILES string of the molecule is CCCOc1ccc(N2CCN(C[C@@](C)(O)c3ccc(C)nc3)C[C@H]2c2ccc(Cl)cc2)c(Cl)c1. The maximum absolute atomic E-state index is 11.3. The Kier molecular flexibility index (Phi) is 8.23. The molecule has 186 valence electrons. The fourth-order valence-electron chi connectivity index (χ4n) is 4.58. The quantitative estimate of drug-likeness (QED) is 0.385. The lowest BCUT2D eigenvalue weighted by Crippen LogP contribution is -2.52. The Morgan fingerprint density at radius 1 is 1.09 bits per heavy atom. The van der Waals surface area contributed by atoms with Crippen molar-refractivity contribution in [2.45, 2.75) is 38.8 Å². The second kappa shape index (κ2) is 11.2. The highest BCUT2D eigenvalue weighted by Crippen LogP contribution is 2.38. The summed E-state index contributed by atoms with van der Waals surface area (Å²) in [6, 6.07) is 17.8. The van der Waals surface area contributed by atoms with Gasteiger partial charge in [-0.05, 0) is 56.2 Å². The van der Waals surface area contributed by atoms with Gasteiger partial charge in [-0.3, -0.25) is 9.88 Å². The van der Waals surface area contributed by atoms with Crippen LogP contribution in [0.4, 0.5) is 5.69 Å². The van der Waals surface area contributed by atoms with Gasteiger partial charge in [-0.1, -0.05) is 48.3 Å². The molecule has 2 atom stereocenters. The van der Waals surface area contributed by atoms with E-state index in [1.165, 1.54) is 0 Å². The Morgan fingerprint density at radius 2 is 1.86 bits per heavy atom. The number of aromatic nitrogens is 1. The first-order valence-electron chi connectivity index (χ1n) is 12.1. The Bertz CT molecular complexity index is 1120. The van der Waals surface area contributed by atoms with Crippen molar-refractivity contribution in [3.63, 3.8) is 0 Å². The van der Waals surface area contributed by atoms with Gasteiger partial charge in [0.05, 0.1) is 23.4 Å². The Balaban J connectivity index is 1.58. The number of ether oxygens (including phenoxy) is 1. The third-order valence-electron chi connectivity index (χ3n) is 6.49. The highest BCUT2D eigenvalue weighted by Gasteiger charge is 2.34. The molecule has 0 bridgehead atoms. The van der Waals surface area contributed by atoms with Crippen LogP contribution >= 0.6 is 23.2 Å². The lowest BCUT2D eigenvalue weighted by atomic mass is 9.95. The fourth-order valence-corrected chi connectivity index (χ4v) is 4.99. The van der Waals surface area contributed by atoms with Crippen LogP contribution in [0.1, 0.15) is 43.1 Å². The van der Waals surface area contributed by atoms with E-state index >= 15 is 0 Å². The molecule has 0 unspecified atom stereocenters. The van der Waals surface area contributed by atoms with Gasteiger partial charge in [0, 0.05) is 54.7 Å². The van der Waals surface area contributed by atoms with Gasteiger partial charge in [0.25, 0.3) is 0 Å². The van der Waals surface area contributed by atoms with Gasteiger partial charge in [-0.2, -0.15) is 0 Å². The van der Waals surface area contributed by atoms with E-state index in [-0.39, 0.29) is 6.04 Å². The molecule has 35 heavy (non-hydrogen) atoms. The number of piperazine rings is 1. The van der Waals surface area contributed by atoms with Crippen LogP contribution in [0.5, 0.6) is 5.75 Å². The van der Waals surface area contributed by atoms with Gasteiger partial charge in [0.15, 0.2) is 0 Å². The molecule has 0 amide bonds. The normalized spacial score (nSPS) is 18.3. The topological polar surface area (TPSA) is 48.8 Å². The minimum absolute atomic E-state index is 0.0490. The van der Waals surface area contributed by atoms with Crippen LogP contribution in [-0.2, 0) is 5.60 Å². The van der Waals surface area contributed by atoms with Crippen LogP contribution in [0.3, 0.4) is 0 Å². The summed E-state index contributed by atoms with van der Waals surface area (Å²) in [5.41, 5.74) is 2.87. The number of hydrogen-bond donors (Lipinski definition) is 1. The molecule has 1 saturated heterocycles. The van der Waals surface area contributed by atoms with Gasteiger partial charge < -0.3 is 14.7 Å². The van der Waals surface area contributed by atoms with Crippen molar-refractivity contribution in [3.05, 3.63) is 87.7 Å². The van der Waals surface area contributed by atoms with Crippen LogP contribution in [0.2, 0.25) is 10.0 Å². The molecule has 0 saturated carbocycles. The molecule has 1 aromatic heterocycles. The molecule has 5 nitrogen and oxygen atoms in total. The van der Waals surface area contributed by atoms with Crippen LogP contribution in [0.15, 0.2) is 60.8 Å². The van der Waals surface area contributed by atoms with Crippen LogP contribution < -0.4 is 9.64 Å². The first-order chi connectivity index (χ1) is 16.8. The molecule has 1 aliphatic rings. The molecule has 0 aliphatic carbocycles. The van der Waals surface area contributed by atoms with Gasteiger partial charge in [0.2, 0.25) is 0 Å². The van der Waals surface area contributed by atoms with Crippen LogP contribution in [0, 0.1) is 6.92 Å². The van der Waals surface area contributed by atoms with E-state index in [0.717, 1.165) is 54.3 Å². The predicted molar refractivity (Wildman–Crippen MR) is 144 cm³/mol. The van der Waals surface area contributed by atoms with Crippen molar-refractivity contribution in [1.82, 2.24) is 9.88 Å². The van der Waals surface area contributed by atoms with E-state index in [1.54, 1.807) is 6.20 Å². The molecule has 3 aromatic rings. The number of aryl methyl sites for hydroxylation is 1. The Labute approximate surface area is 218 Å². The standard InChI is InChI=1S/C28H33Cl2N3O2/c1-4-15-35-24-11-12-26(25(30)16-24)33-14-13-32(18-27(33)21-6-9-23(29)10-7-21)19-28(3,34)22-8-5-20(2)31-17-22/h5-12,16-17,27,34H,4,13-15,18-19H2,1-3H3/t27-,28+/m0/s1. The summed E-state index contributed by atoms with van der Waals surface area (Å²) >= 11 is 12.9. The average Bonchev–Trinajstić information content (AvgIpc) is 2.83. The van der Waals surface area contributed by atoms with E-state index in [1.807, 2.05) is 56.3 Å². The first kappa shape index (κ1) is 25.8. The largest absolute Gasteiger partial charge is 0.494 e. The van der Waals surface area contributed by atoms with E-state index in [4.69, 9.17) is 27.9 Å². The zero-order valence-electron chi connectivity index (χ0n) is 20.5. The summed E-state index contributed by atoms with van der Waals surface area (Å²) in [5.74, 6) is 0.782. The Morgan fingerprint density at radius 3 is 2.51 bits per heavy atom. The number of pyridine rings is 1. The third kappa shape index (κ3) is 6.28. The minimum Gasteiger partial charge on any atom is -0.494 e. The van der Waals surface area contributed by atoms with Gasteiger partial charge in [0.1, 0.15) is 11.4 Å². The first-order valence-corrected chi connectivity index (χ1v) is 12.8. The van der Waals surface area contributed by atoms with E-state index in [2.05, 4.69) is 33.8 Å². The summed E-state index contributed by atoms with van der Waals surface area (Å²) in [7, 11) is 0. The van der Waals surface area contributed by atoms with Gasteiger partial charge >= 0.3 is 0 Å². The zero-order valence-corrected chi connectivity index (χ0v) is 22.1. The number of halogens is 2. The monoisotopic (exact) mass is 513 g/mol. The lowest BCUT2D eigenvalue weighted by molar-refractivity contribution is 0.0100. The van der Waals surface area contributed by atoms with Crippen LogP contribution in [-0.4, -0.2) is 47.8 Å². The van der Waals surface area contributed by atoms with Gasteiger partial charge in [-0.25, -0.2) is 0 Å². The number of β-amino-alcohol motifs (C(OH)–C–C–N with tert-alkyl or cyclic N) is 1. The molecule has 1 aliphatic heterocycles. The molecular formula is C28H33Cl2N3O2. The molecule has 7 heteroatoms. The predicted octanol–water partition coefficient (Wildman–Crippen LogP) is 6.26. The summed E-state index contributed by atoms with van der Waals surface area (Å²) in [5, 5.41) is 12.7. The van der Waals surface area contributed by atoms with Crippen molar-refractivity contribution >= 4 is 28.9 Å². The second-order valence-electron chi connectivity index (χ2n) is 9.42. The highest BCUT2D eigenvalue weighted by atomic mass is 35.5. The summed E-state index contributed by atoms with van der Waals surface area (Å²) < 4.78 is 5.77. The number of aliphatic hydroxyl groups is 1. The van der Waals surface area contributed by atoms with E-state index < -0.39 is 5.60 Å². The number of anilines is 1. The molecule has 1 N–H and O–H groups in total. The van der Waals surface area contributed by atoms with Crippen molar-refractivity contribution in [1.29, 1.82) is 0 Å². The third-order valence-corrected chi connectivity index (χ3v) is 7.04. The molecule has 2 heterocycles. The van der Waals surface area contributed by atoms with E-state index in [9.17, 15) is 5.11 Å². The molecule has 1 fully saturated rings. The summed E-state index contributed by atoms with van der Waals surface area (Å²) in [6.45, 7) is 9.36. The Hall–Kier alpha value is -2.31. The van der Waals surface area contributed by atoms with Crippen molar-refractivity contribution in [3.8, 4) is 5.75 Å². The molecular weight excluding hydrogens is 481 g/mol. The average molecular weight is 514 g/mol. The highest BCUT2D eigenvalue weighted by molar-refractivity contribution is 6.33. The second-order valence-corrected chi connectivity index (χ2v) is 10.3. The summed E-state index contributed by atoms with van der Waals surface area (Å²) in [4.78, 5) is 9.02. The number of hydrogen-bond acceptors (Lipinski definition) is 5. The number of benzene rings is 2. The van der Waals surface area contributed by atoms with Crippen molar-refractivity contribution in [2.24, 2.45) is 0 Å². The number of nitrogens with zero attached hydrogens (tertiary/aromatic N) is 3. The smallest absolute Gasteiger partial charge is 0.120 e. The zero-order chi connectivity index (χ0) is 25.0. The molecule has 2 aromatic carbocycles. The molecule has 0 radical (unpaired) electrons. The lowest BCUT2D eigenvalue weighted by Gasteiger charge is -2.45. The van der Waals surface area contributed by atoms with E-state index in [0.29, 0.717) is 23.2 Å². The maximum Gasteiger partial charge on any atom is 0.120 e. The molecule has 0 spiro atoms. The van der Waals surface area contributed by atoms with Crippen molar-refractivity contribution in [2.75, 3.05) is 37.7 Å². The van der Waals surface area contributed by atoms with Crippen molar-refractivity contribution < 1.29 is 9.84 Å². The van der Waals surface area contributed by atoms with Gasteiger partial charge in [-0.15, -0.1) is 0 Å². The molecule has 4 rings (SSSR count). The minimum atomic E-state index is -1.01. The fraction of sp³-hybridized carbons (Fsp3) is 0.393.